The Bertz CT molecular complexity index is 1260. The highest BCUT2D eigenvalue weighted by atomic mass is 16.4. The highest BCUT2D eigenvalue weighted by Gasteiger charge is 2.26. The molecule has 1 heterocycles. The summed E-state index contributed by atoms with van der Waals surface area (Å²) < 4.78 is 0. The normalized spacial score (nSPS) is 15.6. The molecule has 1 atom stereocenters. The Labute approximate surface area is 226 Å². The van der Waals surface area contributed by atoms with Crippen LogP contribution in [0, 0.1) is 0 Å². The number of hydrogen-bond acceptors (Lipinski definition) is 5. The molecule has 1 aliphatic heterocycles. The Kier molecular flexibility index (Phi) is 8.55. The van der Waals surface area contributed by atoms with Gasteiger partial charge < -0.3 is 25.3 Å². The van der Waals surface area contributed by atoms with Crippen LogP contribution in [0.5, 0.6) is 0 Å². The van der Waals surface area contributed by atoms with Gasteiger partial charge in [0.25, 0.3) is 0 Å². The van der Waals surface area contributed by atoms with E-state index >= 15 is 0 Å². The number of benzene rings is 3. The average molecular weight is 514 g/mol. The molecule has 6 nitrogen and oxygen atoms in total. The molecule has 0 bridgehead atoms. The lowest BCUT2D eigenvalue weighted by atomic mass is 9.83. The first kappa shape index (κ1) is 27.4. The monoisotopic (exact) mass is 513 g/mol. The van der Waals surface area contributed by atoms with Crippen molar-refractivity contribution in [2.24, 2.45) is 0 Å². The van der Waals surface area contributed by atoms with Crippen molar-refractivity contribution in [3.8, 4) is 0 Å². The van der Waals surface area contributed by atoms with Gasteiger partial charge in [0.05, 0.1) is 23.0 Å². The second-order valence-corrected chi connectivity index (χ2v) is 11.1. The number of anilines is 2. The molecule has 6 heteroatoms. The van der Waals surface area contributed by atoms with Crippen molar-refractivity contribution in [3.05, 3.63) is 101 Å². The Balaban J connectivity index is 1.70. The molecule has 0 saturated carbocycles. The fourth-order valence-electron chi connectivity index (χ4n) is 4.73. The first-order valence-electron chi connectivity index (χ1n) is 13.2. The van der Waals surface area contributed by atoms with E-state index in [1.807, 2.05) is 12.1 Å². The van der Waals surface area contributed by atoms with Crippen LogP contribution in [0.1, 0.15) is 59.5 Å². The van der Waals surface area contributed by atoms with Gasteiger partial charge in [0.2, 0.25) is 0 Å². The van der Waals surface area contributed by atoms with Crippen molar-refractivity contribution < 1.29 is 15.0 Å². The number of aliphatic hydroxyl groups excluding tert-OH is 1. The Morgan fingerprint density at radius 2 is 1.66 bits per heavy atom. The summed E-state index contributed by atoms with van der Waals surface area (Å²) in [6.07, 6.45) is 2.80. The molecular formula is C32H39N3O3. The third kappa shape index (κ3) is 6.82. The number of hydrogen-bond donors (Lipinski definition) is 3. The Morgan fingerprint density at radius 1 is 1.00 bits per heavy atom. The van der Waals surface area contributed by atoms with Crippen molar-refractivity contribution >= 4 is 23.4 Å². The van der Waals surface area contributed by atoms with Crippen LogP contribution in [0.4, 0.5) is 11.4 Å². The molecule has 38 heavy (non-hydrogen) atoms. The number of nitrogens with zero attached hydrogens (tertiary/aromatic N) is 2. The quantitative estimate of drug-likeness (QED) is 0.354. The fraction of sp³-hybridized carbons (Fsp3) is 0.344. The minimum atomic E-state index is -0.951. The van der Waals surface area contributed by atoms with Gasteiger partial charge in [0.1, 0.15) is 0 Å². The van der Waals surface area contributed by atoms with Crippen LogP contribution in [-0.4, -0.2) is 54.3 Å². The number of aromatic carboxylic acids is 1. The van der Waals surface area contributed by atoms with Gasteiger partial charge in [0.15, 0.2) is 0 Å². The predicted molar refractivity (Wildman–Crippen MR) is 156 cm³/mol. The molecule has 0 amide bonds. The summed E-state index contributed by atoms with van der Waals surface area (Å²) >= 11 is 0. The molecule has 0 aromatic heterocycles. The smallest absolute Gasteiger partial charge is 0.335 e. The highest BCUT2D eigenvalue weighted by Crippen LogP contribution is 2.40. The minimum absolute atomic E-state index is 0.146. The summed E-state index contributed by atoms with van der Waals surface area (Å²) in [4.78, 5) is 15.9. The maximum Gasteiger partial charge on any atom is 0.335 e. The zero-order valence-corrected chi connectivity index (χ0v) is 22.8. The summed E-state index contributed by atoms with van der Waals surface area (Å²) in [6, 6.07) is 21.3. The van der Waals surface area contributed by atoms with Crippen molar-refractivity contribution in [1.29, 1.82) is 0 Å². The maximum absolute atomic E-state index is 11.3. The fourth-order valence-corrected chi connectivity index (χ4v) is 4.73. The maximum atomic E-state index is 11.3. The van der Waals surface area contributed by atoms with E-state index in [1.54, 1.807) is 30.3 Å². The number of carboxylic acid groups (broad SMARTS) is 1. The van der Waals surface area contributed by atoms with Gasteiger partial charge in [-0.1, -0.05) is 81.5 Å². The molecule has 4 rings (SSSR count). The van der Waals surface area contributed by atoms with E-state index in [0.717, 1.165) is 60.8 Å². The second kappa shape index (κ2) is 11.8. The largest absolute Gasteiger partial charge is 0.478 e. The van der Waals surface area contributed by atoms with Crippen LogP contribution in [-0.2, 0) is 12.0 Å². The average Bonchev–Trinajstić information content (AvgIpc) is 2.91. The van der Waals surface area contributed by atoms with Crippen molar-refractivity contribution in [1.82, 2.24) is 4.90 Å². The van der Waals surface area contributed by atoms with Gasteiger partial charge in [0, 0.05) is 32.7 Å². The van der Waals surface area contributed by atoms with Crippen LogP contribution in [0.3, 0.4) is 0 Å². The molecule has 1 unspecified atom stereocenters. The van der Waals surface area contributed by atoms with E-state index in [-0.39, 0.29) is 11.0 Å². The topological polar surface area (TPSA) is 76.0 Å². The van der Waals surface area contributed by atoms with Crippen molar-refractivity contribution in [2.75, 3.05) is 43.4 Å². The number of rotatable bonds is 8. The number of nitrogens with one attached hydrogen (secondary N) is 1. The van der Waals surface area contributed by atoms with Gasteiger partial charge in [-0.3, -0.25) is 0 Å². The summed E-state index contributed by atoms with van der Waals surface area (Å²) in [5.41, 5.74) is 6.40. The zero-order valence-electron chi connectivity index (χ0n) is 22.8. The zero-order chi connectivity index (χ0) is 27.3. The molecule has 1 saturated heterocycles. The standard InChI is InChI=1S/C32H39N3O3/c1-32(2,3)27-20-26(29(36)15-12-23-10-13-25(14-11-23)31(37)38)21-28(35-18-16-34(4)17-19-35)30(27)33-22-24-8-6-5-7-9-24/h5-15,20-21,29,33,36H,16-19,22H2,1-4H3,(H,37,38). The SMILES string of the molecule is CN1CCN(c2cc(C(O)C=Cc3ccc(C(=O)O)cc3)cc(C(C)(C)C)c2NCc2ccccc2)CC1. The van der Waals surface area contributed by atoms with E-state index in [2.05, 4.69) is 79.3 Å². The first-order chi connectivity index (χ1) is 18.1. The molecular weight excluding hydrogens is 474 g/mol. The number of carbonyl (C=O) groups is 1. The van der Waals surface area contributed by atoms with Gasteiger partial charge in [-0.2, -0.15) is 0 Å². The van der Waals surface area contributed by atoms with E-state index in [4.69, 9.17) is 5.11 Å². The van der Waals surface area contributed by atoms with Crippen LogP contribution >= 0.6 is 0 Å². The van der Waals surface area contributed by atoms with Crippen LogP contribution < -0.4 is 10.2 Å². The molecule has 1 fully saturated rings. The van der Waals surface area contributed by atoms with Crippen molar-refractivity contribution in [3.63, 3.8) is 0 Å². The van der Waals surface area contributed by atoms with Gasteiger partial charge in [-0.15, -0.1) is 0 Å². The molecule has 3 aromatic carbocycles. The lowest BCUT2D eigenvalue weighted by Crippen LogP contribution is -2.45. The van der Waals surface area contributed by atoms with Gasteiger partial charge in [-0.05, 0) is 52.9 Å². The Morgan fingerprint density at radius 3 is 2.26 bits per heavy atom. The van der Waals surface area contributed by atoms with E-state index < -0.39 is 12.1 Å². The van der Waals surface area contributed by atoms with E-state index in [0.29, 0.717) is 0 Å². The van der Waals surface area contributed by atoms with E-state index in [9.17, 15) is 9.90 Å². The van der Waals surface area contributed by atoms with Crippen LogP contribution in [0.25, 0.3) is 6.08 Å². The summed E-state index contributed by atoms with van der Waals surface area (Å²) in [6.45, 7) is 11.2. The predicted octanol–water partition coefficient (Wildman–Crippen LogP) is 5.79. The van der Waals surface area contributed by atoms with Crippen molar-refractivity contribution in [2.45, 2.75) is 38.8 Å². The molecule has 1 aliphatic rings. The number of aliphatic hydroxyl groups is 1. The first-order valence-corrected chi connectivity index (χ1v) is 13.2. The third-order valence-electron chi connectivity index (χ3n) is 7.07. The lowest BCUT2D eigenvalue weighted by molar-refractivity contribution is 0.0697. The summed E-state index contributed by atoms with van der Waals surface area (Å²) in [5.74, 6) is -0.951. The molecule has 0 spiro atoms. The molecule has 0 aliphatic carbocycles. The minimum Gasteiger partial charge on any atom is -0.478 e. The van der Waals surface area contributed by atoms with Crippen LogP contribution in [0.2, 0.25) is 0 Å². The lowest BCUT2D eigenvalue weighted by Gasteiger charge is -2.37. The number of carboxylic acids is 1. The highest BCUT2D eigenvalue weighted by molar-refractivity contribution is 5.87. The second-order valence-electron chi connectivity index (χ2n) is 11.1. The molecule has 3 N–H and O–H groups in total. The van der Waals surface area contributed by atoms with Gasteiger partial charge >= 0.3 is 5.97 Å². The summed E-state index contributed by atoms with van der Waals surface area (Å²) in [5, 5.41) is 24.1. The molecule has 200 valence electrons. The number of likely N-dealkylation sites (N-methyl/N-ethyl adjacent to an activating group) is 1. The molecule has 3 aromatic rings. The summed E-state index contributed by atoms with van der Waals surface area (Å²) in [7, 11) is 2.15. The van der Waals surface area contributed by atoms with Crippen LogP contribution in [0.15, 0.2) is 72.8 Å². The Hall–Kier alpha value is -3.61. The number of piperazine rings is 1. The van der Waals surface area contributed by atoms with Gasteiger partial charge in [-0.25, -0.2) is 4.79 Å². The molecule has 0 radical (unpaired) electrons. The van der Waals surface area contributed by atoms with E-state index in [1.165, 1.54) is 5.56 Å². The third-order valence-corrected chi connectivity index (χ3v) is 7.07.